The molecule has 4 heterocycles. The molecule has 1 amide bonds. The van der Waals surface area contributed by atoms with Crippen LogP contribution in [0.2, 0.25) is 0 Å². The molecular weight excluding hydrogens is 466 g/mol. The number of carbonyl (C=O) groups is 1. The van der Waals surface area contributed by atoms with Crippen LogP contribution in [0.1, 0.15) is 23.1 Å². The molecule has 0 bridgehead atoms. The van der Waals surface area contributed by atoms with E-state index in [9.17, 15) is 4.79 Å². The van der Waals surface area contributed by atoms with E-state index in [0.717, 1.165) is 47.6 Å². The minimum absolute atomic E-state index is 0. The van der Waals surface area contributed by atoms with Crippen LogP contribution in [0, 0.1) is 0 Å². The van der Waals surface area contributed by atoms with Crippen molar-refractivity contribution in [3.8, 4) is 17.2 Å². The van der Waals surface area contributed by atoms with Gasteiger partial charge in [-0.25, -0.2) is 0 Å². The van der Waals surface area contributed by atoms with Crippen LogP contribution in [-0.2, 0) is 16.8 Å². The summed E-state index contributed by atoms with van der Waals surface area (Å²) in [6.45, 7) is 3.01. The third kappa shape index (κ3) is 3.33. The van der Waals surface area contributed by atoms with Crippen molar-refractivity contribution >= 4 is 29.7 Å². The molecule has 8 heteroatoms. The van der Waals surface area contributed by atoms with Crippen molar-refractivity contribution in [3.05, 3.63) is 77.4 Å². The van der Waals surface area contributed by atoms with Gasteiger partial charge >= 0.3 is 0 Å². The minimum atomic E-state index is -0.871. The zero-order chi connectivity index (χ0) is 22.7. The molecule has 1 unspecified atom stereocenters. The number of hydrogen-bond donors (Lipinski definition) is 2. The van der Waals surface area contributed by atoms with Gasteiger partial charge in [0.1, 0.15) is 17.8 Å². The van der Waals surface area contributed by atoms with E-state index in [1.165, 1.54) is 0 Å². The number of fused-ring (bicyclic) bond motifs is 5. The maximum Gasteiger partial charge on any atom is 0.246 e. The number of carbonyl (C=O) groups excluding carboxylic acids is 1. The summed E-state index contributed by atoms with van der Waals surface area (Å²) < 4.78 is 17.2. The molecule has 3 aromatic carbocycles. The molecule has 0 radical (unpaired) electrons. The molecule has 0 aliphatic carbocycles. The lowest BCUT2D eigenvalue weighted by Gasteiger charge is -2.23. The topological polar surface area (TPSA) is 72.1 Å². The van der Waals surface area contributed by atoms with E-state index < -0.39 is 5.41 Å². The van der Waals surface area contributed by atoms with E-state index in [2.05, 4.69) is 34.9 Å². The monoisotopic (exact) mass is 491 g/mol. The van der Waals surface area contributed by atoms with Gasteiger partial charge in [-0.1, -0.05) is 30.3 Å². The minimum Gasteiger partial charge on any atom is -0.491 e. The fraction of sp³-hybridized carbons (Fsp3) is 0.296. The van der Waals surface area contributed by atoms with Gasteiger partial charge in [0.15, 0.2) is 11.5 Å². The molecule has 0 aromatic heterocycles. The molecule has 0 saturated carbocycles. The third-order valence-electron chi connectivity index (χ3n) is 7.37. The van der Waals surface area contributed by atoms with Crippen LogP contribution < -0.4 is 29.7 Å². The van der Waals surface area contributed by atoms with Gasteiger partial charge < -0.3 is 29.7 Å². The second-order valence-electron chi connectivity index (χ2n) is 9.34. The highest BCUT2D eigenvalue weighted by atomic mass is 35.5. The third-order valence-corrected chi connectivity index (χ3v) is 7.37. The Hall–Kier alpha value is -3.42. The Morgan fingerprint density at radius 3 is 2.57 bits per heavy atom. The molecule has 7 nitrogen and oxygen atoms in total. The molecule has 3 aromatic rings. The van der Waals surface area contributed by atoms with Crippen LogP contribution in [0.5, 0.6) is 17.2 Å². The number of ether oxygens (including phenoxy) is 3. The number of hydrogen-bond acceptors (Lipinski definition) is 6. The second-order valence-corrected chi connectivity index (χ2v) is 9.34. The zero-order valence-corrected chi connectivity index (χ0v) is 19.9. The van der Waals surface area contributed by atoms with E-state index in [1.54, 1.807) is 0 Å². The summed E-state index contributed by atoms with van der Waals surface area (Å²) in [5, 5.41) is 6.95. The van der Waals surface area contributed by atoms with E-state index >= 15 is 0 Å². The van der Waals surface area contributed by atoms with Gasteiger partial charge in [-0.3, -0.25) is 4.79 Å². The van der Waals surface area contributed by atoms with Gasteiger partial charge in [0.2, 0.25) is 12.7 Å². The Kier molecular flexibility index (Phi) is 5.27. The summed E-state index contributed by atoms with van der Waals surface area (Å²) in [4.78, 5) is 16.0. The first-order valence-corrected chi connectivity index (χ1v) is 11.8. The highest BCUT2D eigenvalue weighted by Crippen LogP contribution is 2.55. The van der Waals surface area contributed by atoms with Gasteiger partial charge in [-0.2, -0.15) is 0 Å². The van der Waals surface area contributed by atoms with Crippen molar-refractivity contribution in [1.29, 1.82) is 0 Å². The first kappa shape index (κ1) is 22.1. The van der Waals surface area contributed by atoms with Gasteiger partial charge in [0.25, 0.3) is 0 Å². The number of benzene rings is 3. The lowest BCUT2D eigenvalue weighted by atomic mass is 9.77. The number of anilines is 2. The number of para-hydroxylation sites is 1. The number of amides is 1. The number of nitrogens with zero attached hydrogens (tertiary/aromatic N) is 1. The van der Waals surface area contributed by atoms with Gasteiger partial charge in [-0.15, -0.1) is 12.4 Å². The van der Waals surface area contributed by atoms with Crippen molar-refractivity contribution in [2.75, 3.05) is 36.7 Å². The van der Waals surface area contributed by atoms with Crippen LogP contribution in [0.15, 0.2) is 60.7 Å². The van der Waals surface area contributed by atoms with Crippen molar-refractivity contribution in [2.24, 2.45) is 0 Å². The smallest absolute Gasteiger partial charge is 0.246 e. The molecule has 4 aliphatic rings. The van der Waals surface area contributed by atoms with Crippen LogP contribution in [0.25, 0.3) is 0 Å². The van der Waals surface area contributed by atoms with Crippen molar-refractivity contribution < 1.29 is 19.0 Å². The zero-order valence-electron chi connectivity index (χ0n) is 19.1. The molecular formula is C27H26ClN3O4. The summed E-state index contributed by atoms with van der Waals surface area (Å²) in [7, 11) is 0. The maximum absolute atomic E-state index is 14.1. The Balaban J connectivity index is 0.00000229. The van der Waals surface area contributed by atoms with Gasteiger partial charge in [0.05, 0.1) is 6.54 Å². The van der Waals surface area contributed by atoms with E-state index in [4.69, 9.17) is 14.2 Å². The molecule has 2 N–H and O–H groups in total. The average molecular weight is 492 g/mol. The molecule has 180 valence electrons. The van der Waals surface area contributed by atoms with Gasteiger partial charge in [0, 0.05) is 35.6 Å². The molecule has 7 rings (SSSR count). The van der Waals surface area contributed by atoms with Crippen LogP contribution in [0.4, 0.5) is 11.4 Å². The summed E-state index contributed by atoms with van der Waals surface area (Å²) in [5.41, 5.74) is 4.08. The highest BCUT2D eigenvalue weighted by Gasteiger charge is 2.57. The first-order chi connectivity index (χ1) is 16.7. The van der Waals surface area contributed by atoms with E-state index in [1.807, 2.05) is 41.3 Å². The lowest BCUT2D eigenvalue weighted by Crippen LogP contribution is -2.42. The molecule has 1 saturated heterocycles. The van der Waals surface area contributed by atoms with Crippen LogP contribution >= 0.6 is 12.4 Å². The summed E-state index contributed by atoms with van der Waals surface area (Å²) >= 11 is 0. The highest BCUT2D eigenvalue weighted by molar-refractivity contribution is 6.11. The molecule has 35 heavy (non-hydrogen) atoms. The molecule has 4 aliphatic heterocycles. The van der Waals surface area contributed by atoms with Crippen molar-refractivity contribution in [3.63, 3.8) is 0 Å². The SMILES string of the molecule is Cl.O=C1N(Cc2ccc(N[C@@H]3CCNC3)cc2)c2ccccc2C12COc1cc3c(cc12)OCO3. The fourth-order valence-electron chi connectivity index (χ4n) is 5.62. The second kappa shape index (κ2) is 8.36. The van der Waals surface area contributed by atoms with Gasteiger partial charge in [-0.05, 0) is 48.4 Å². The average Bonchev–Trinajstić information content (AvgIpc) is 3.65. The number of nitrogens with one attached hydrogen (secondary N) is 2. The van der Waals surface area contributed by atoms with Crippen LogP contribution in [-0.4, -0.2) is 38.4 Å². The summed E-state index contributed by atoms with van der Waals surface area (Å²) in [5.74, 6) is 2.04. The normalized spacial score (nSPS) is 23.1. The quantitative estimate of drug-likeness (QED) is 0.578. The maximum atomic E-state index is 14.1. The lowest BCUT2D eigenvalue weighted by molar-refractivity contribution is -0.122. The van der Waals surface area contributed by atoms with E-state index in [-0.39, 0.29) is 31.7 Å². The Morgan fingerprint density at radius 2 is 1.77 bits per heavy atom. The Labute approximate surface area is 209 Å². The van der Waals surface area contributed by atoms with E-state index in [0.29, 0.717) is 29.8 Å². The fourth-order valence-corrected chi connectivity index (χ4v) is 5.62. The first-order valence-electron chi connectivity index (χ1n) is 11.8. The predicted octanol–water partition coefficient (Wildman–Crippen LogP) is 3.84. The predicted molar refractivity (Wildman–Crippen MR) is 135 cm³/mol. The Morgan fingerprint density at radius 1 is 0.971 bits per heavy atom. The Bertz CT molecular complexity index is 1290. The van der Waals surface area contributed by atoms with Crippen molar-refractivity contribution in [2.45, 2.75) is 24.4 Å². The van der Waals surface area contributed by atoms with Crippen LogP contribution in [0.3, 0.4) is 0 Å². The summed E-state index contributed by atoms with van der Waals surface area (Å²) in [6, 6.07) is 20.7. The largest absolute Gasteiger partial charge is 0.491 e. The summed E-state index contributed by atoms with van der Waals surface area (Å²) in [6.07, 6.45) is 1.13. The molecule has 1 spiro atoms. The molecule has 1 fully saturated rings. The number of halogens is 1. The van der Waals surface area contributed by atoms with Crippen molar-refractivity contribution in [1.82, 2.24) is 5.32 Å². The molecule has 2 atom stereocenters. The standard InChI is InChI=1S/C27H25N3O4.ClH/c31-26-27(15-32-23-12-25-24(11-21(23)27)33-16-34-25)20-3-1-2-4-22(20)30(26)14-17-5-7-18(8-6-17)29-19-9-10-28-13-19;/h1-8,11-12,19,28-29H,9-10,13-16H2;1H/t19-,27?;/m1./s1. The number of rotatable bonds is 4.